The summed E-state index contributed by atoms with van der Waals surface area (Å²) in [4.78, 5) is 24.4. The molecule has 3 rings (SSSR count). The second-order valence-electron chi connectivity index (χ2n) is 6.22. The number of benzene rings is 3. The molecule has 0 heterocycles. The molecule has 29 heavy (non-hydrogen) atoms. The minimum Gasteiger partial charge on any atom is -0.375 e. The lowest BCUT2D eigenvalue weighted by atomic mass is 9.95. The Morgan fingerprint density at radius 1 is 0.862 bits per heavy atom. The average Bonchev–Trinajstić information content (AvgIpc) is 2.75. The van der Waals surface area contributed by atoms with Crippen LogP contribution in [0.2, 0.25) is 0 Å². The van der Waals surface area contributed by atoms with Gasteiger partial charge in [-0.15, -0.1) is 0 Å². The van der Waals surface area contributed by atoms with Crippen LogP contribution in [0.1, 0.15) is 15.9 Å². The Bertz CT molecular complexity index is 1070. The lowest BCUT2D eigenvalue weighted by Crippen LogP contribution is -2.17. The van der Waals surface area contributed by atoms with Crippen molar-refractivity contribution in [3.8, 4) is 17.2 Å². The quantitative estimate of drug-likeness (QED) is 0.669. The summed E-state index contributed by atoms with van der Waals surface area (Å²) in [5.74, 6) is -0.543. The second-order valence-corrected chi connectivity index (χ2v) is 6.22. The largest absolute Gasteiger partial charge is 0.375 e. The van der Waals surface area contributed by atoms with E-state index < -0.39 is 0 Å². The Morgan fingerprint density at radius 2 is 1.45 bits per heavy atom. The zero-order valence-corrected chi connectivity index (χ0v) is 15.8. The number of rotatable bonds is 6. The molecule has 0 saturated carbocycles. The minimum absolute atomic E-state index is 0.0283. The van der Waals surface area contributed by atoms with E-state index in [1.807, 2.05) is 24.3 Å². The highest BCUT2D eigenvalue weighted by Gasteiger charge is 2.15. The number of methoxy groups -OCH3 is 1. The molecule has 0 aliphatic rings. The molecule has 144 valence electrons. The van der Waals surface area contributed by atoms with Crippen molar-refractivity contribution in [2.75, 3.05) is 24.4 Å². The van der Waals surface area contributed by atoms with Gasteiger partial charge in [-0.3, -0.25) is 9.59 Å². The number of carbonyl (C=O) groups excluding carboxylic acids is 2. The van der Waals surface area contributed by atoms with Crippen molar-refractivity contribution in [1.82, 2.24) is 0 Å². The van der Waals surface area contributed by atoms with E-state index in [1.165, 1.54) is 7.11 Å². The van der Waals surface area contributed by atoms with Gasteiger partial charge in [-0.05, 0) is 42.0 Å². The molecule has 0 fully saturated rings. The number of carbonyl (C=O) groups is 2. The molecule has 0 atom stereocenters. The summed E-state index contributed by atoms with van der Waals surface area (Å²) < 4.78 is 4.78. The van der Waals surface area contributed by atoms with E-state index in [9.17, 15) is 14.9 Å². The van der Waals surface area contributed by atoms with Crippen LogP contribution in [0.5, 0.6) is 0 Å². The number of hydrogen-bond donors (Lipinski definition) is 2. The van der Waals surface area contributed by atoms with Gasteiger partial charge < -0.3 is 15.4 Å². The third-order valence-corrected chi connectivity index (χ3v) is 4.21. The van der Waals surface area contributed by atoms with E-state index >= 15 is 0 Å². The van der Waals surface area contributed by atoms with Crippen molar-refractivity contribution < 1.29 is 14.3 Å². The Morgan fingerprint density at radius 3 is 2.10 bits per heavy atom. The predicted octanol–water partition coefficient (Wildman–Crippen LogP) is 4.06. The molecular formula is C23H19N3O3. The molecule has 0 unspecified atom stereocenters. The minimum atomic E-state index is -0.287. The van der Waals surface area contributed by atoms with E-state index in [-0.39, 0.29) is 18.4 Å². The fourth-order valence-corrected chi connectivity index (χ4v) is 2.89. The number of nitriles is 1. The van der Waals surface area contributed by atoms with Crippen LogP contribution in [0.25, 0.3) is 11.1 Å². The summed E-state index contributed by atoms with van der Waals surface area (Å²) >= 11 is 0. The van der Waals surface area contributed by atoms with Crippen LogP contribution in [0.4, 0.5) is 11.4 Å². The molecule has 0 aliphatic heterocycles. The summed E-state index contributed by atoms with van der Waals surface area (Å²) in [5.41, 5.74) is 3.55. The zero-order chi connectivity index (χ0) is 20.6. The molecule has 0 aromatic heterocycles. The highest BCUT2D eigenvalue weighted by molar-refractivity contribution is 6.09. The SMILES string of the molecule is COCC(=O)Nc1ccc(NC(=O)c2ccccc2-c2ccccc2C#N)cc1. The fraction of sp³-hybridized carbons (Fsp3) is 0.0870. The van der Waals surface area contributed by atoms with E-state index in [1.54, 1.807) is 48.5 Å². The van der Waals surface area contributed by atoms with E-state index in [4.69, 9.17) is 4.74 Å². The van der Waals surface area contributed by atoms with Crippen LogP contribution in [0.15, 0.2) is 72.8 Å². The predicted molar refractivity (Wildman–Crippen MR) is 111 cm³/mol. The molecule has 2 amide bonds. The van der Waals surface area contributed by atoms with E-state index in [0.29, 0.717) is 33.6 Å². The van der Waals surface area contributed by atoms with Crippen molar-refractivity contribution >= 4 is 23.2 Å². The van der Waals surface area contributed by atoms with Gasteiger partial charge in [-0.2, -0.15) is 5.26 Å². The summed E-state index contributed by atoms with van der Waals surface area (Å²) in [6.07, 6.45) is 0. The lowest BCUT2D eigenvalue weighted by Gasteiger charge is -2.12. The normalized spacial score (nSPS) is 10.1. The van der Waals surface area contributed by atoms with Crippen molar-refractivity contribution in [1.29, 1.82) is 5.26 Å². The molecule has 0 saturated heterocycles. The number of hydrogen-bond acceptors (Lipinski definition) is 4. The lowest BCUT2D eigenvalue weighted by molar-refractivity contribution is -0.119. The fourth-order valence-electron chi connectivity index (χ4n) is 2.89. The molecule has 0 spiro atoms. The Kier molecular flexibility index (Phi) is 6.36. The molecule has 6 heteroatoms. The van der Waals surface area contributed by atoms with Gasteiger partial charge in [0.1, 0.15) is 6.61 Å². The van der Waals surface area contributed by atoms with E-state index in [2.05, 4.69) is 16.7 Å². The van der Waals surface area contributed by atoms with Gasteiger partial charge >= 0.3 is 0 Å². The Hall–Kier alpha value is -3.95. The molecule has 0 bridgehead atoms. The van der Waals surface area contributed by atoms with Gasteiger partial charge in [0.2, 0.25) is 5.91 Å². The van der Waals surface area contributed by atoms with Crippen LogP contribution in [-0.2, 0) is 9.53 Å². The standard InChI is InChI=1S/C23H19N3O3/c1-29-15-22(27)25-17-10-12-18(13-11-17)26-23(28)21-9-5-4-8-20(21)19-7-3-2-6-16(19)14-24/h2-13H,15H2,1H3,(H,25,27)(H,26,28). The first-order chi connectivity index (χ1) is 14.1. The maximum Gasteiger partial charge on any atom is 0.256 e. The van der Waals surface area contributed by atoms with Gasteiger partial charge in [-0.1, -0.05) is 36.4 Å². The van der Waals surface area contributed by atoms with Crippen LogP contribution < -0.4 is 10.6 Å². The first-order valence-electron chi connectivity index (χ1n) is 8.91. The molecule has 3 aromatic rings. The summed E-state index contributed by atoms with van der Waals surface area (Å²) in [6.45, 7) is -0.0283. The van der Waals surface area contributed by atoms with Gasteiger partial charge in [0.25, 0.3) is 5.91 Å². The molecular weight excluding hydrogens is 366 g/mol. The monoisotopic (exact) mass is 385 g/mol. The third kappa shape index (κ3) is 4.86. The van der Waals surface area contributed by atoms with Gasteiger partial charge in [0.05, 0.1) is 11.6 Å². The van der Waals surface area contributed by atoms with Crippen LogP contribution in [0, 0.1) is 11.3 Å². The average molecular weight is 385 g/mol. The van der Waals surface area contributed by atoms with Crippen LogP contribution in [-0.4, -0.2) is 25.5 Å². The number of amides is 2. The number of nitrogens with zero attached hydrogens (tertiary/aromatic N) is 1. The van der Waals surface area contributed by atoms with Gasteiger partial charge in [-0.25, -0.2) is 0 Å². The molecule has 0 aliphatic carbocycles. The Labute approximate surface area is 168 Å². The smallest absolute Gasteiger partial charge is 0.256 e. The maximum atomic E-state index is 12.9. The van der Waals surface area contributed by atoms with E-state index in [0.717, 1.165) is 0 Å². The van der Waals surface area contributed by atoms with Crippen LogP contribution >= 0.6 is 0 Å². The molecule has 6 nitrogen and oxygen atoms in total. The first-order valence-corrected chi connectivity index (χ1v) is 8.91. The maximum absolute atomic E-state index is 12.9. The summed E-state index contributed by atoms with van der Waals surface area (Å²) in [5, 5.41) is 14.9. The highest BCUT2D eigenvalue weighted by Crippen LogP contribution is 2.27. The van der Waals surface area contributed by atoms with Crippen molar-refractivity contribution in [2.24, 2.45) is 0 Å². The first kappa shape index (κ1) is 19.8. The molecule has 0 radical (unpaired) electrons. The van der Waals surface area contributed by atoms with Gasteiger partial charge in [0.15, 0.2) is 0 Å². The second kappa shape index (κ2) is 9.31. The summed E-state index contributed by atoms with van der Waals surface area (Å²) in [6, 6.07) is 23.3. The van der Waals surface area contributed by atoms with Crippen LogP contribution in [0.3, 0.4) is 0 Å². The third-order valence-electron chi connectivity index (χ3n) is 4.21. The number of ether oxygens (including phenoxy) is 1. The molecule has 3 aromatic carbocycles. The summed E-state index contributed by atoms with van der Waals surface area (Å²) in [7, 11) is 1.45. The number of anilines is 2. The molecule has 2 N–H and O–H groups in total. The highest BCUT2D eigenvalue weighted by atomic mass is 16.5. The van der Waals surface area contributed by atoms with Crippen molar-refractivity contribution in [3.63, 3.8) is 0 Å². The number of nitrogens with one attached hydrogen (secondary N) is 2. The Balaban J connectivity index is 1.80. The van der Waals surface area contributed by atoms with Crippen molar-refractivity contribution in [3.05, 3.63) is 83.9 Å². The topological polar surface area (TPSA) is 91.2 Å². The van der Waals surface area contributed by atoms with Gasteiger partial charge in [0, 0.05) is 29.6 Å². The van der Waals surface area contributed by atoms with Crippen molar-refractivity contribution in [2.45, 2.75) is 0 Å². The zero-order valence-electron chi connectivity index (χ0n) is 15.8.